The van der Waals surface area contributed by atoms with Gasteiger partial charge >= 0.3 is 0 Å². The maximum absolute atomic E-state index is 11.6. The molecule has 0 aliphatic heterocycles. The van der Waals surface area contributed by atoms with Crippen molar-refractivity contribution in [3.05, 3.63) is 57.7 Å². The first kappa shape index (κ1) is 10.4. The van der Waals surface area contributed by atoms with Gasteiger partial charge in [0.1, 0.15) is 5.15 Å². The third-order valence-electron chi connectivity index (χ3n) is 2.04. The maximum Gasteiger partial charge on any atom is 0.256 e. The monoisotopic (exact) mass is 231 g/mol. The molecule has 2 rings (SSSR count). The van der Waals surface area contributed by atoms with Gasteiger partial charge in [0, 0.05) is 12.3 Å². The van der Waals surface area contributed by atoms with Gasteiger partial charge in [-0.2, -0.15) is 5.26 Å². The first-order valence-electron chi connectivity index (χ1n) is 4.45. The minimum Gasteiger partial charge on any atom is -0.283 e. The van der Waals surface area contributed by atoms with E-state index in [-0.39, 0.29) is 5.56 Å². The highest BCUT2D eigenvalue weighted by Gasteiger charge is 2.01. The molecule has 5 heteroatoms. The van der Waals surface area contributed by atoms with E-state index >= 15 is 0 Å². The van der Waals surface area contributed by atoms with Crippen molar-refractivity contribution in [3.8, 4) is 11.8 Å². The standard InChI is InChI=1S/C11H6ClN3O/c12-10-2-1-9(7-14-10)15-4-3-8(6-13)5-11(15)16/h1-5,7H. The molecule has 78 valence electrons. The minimum atomic E-state index is -0.275. The van der Waals surface area contributed by atoms with Crippen LogP contribution in [0.15, 0.2) is 41.5 Å². The number of nitrogens with zero attached hydrogens (tertiary/aromatic N) is 3. The number of nitriles is 1. The Kier molecular flexibility index (Phi) is 2.71. The lowest BCUT2D eigenvalue weighted by Crippen LogP contribution is -2.16. The number of rotatable bonds is 1. The van der Waals surface area contributed by atoms with Crippen molar-refractivity contribution in [2.24, 2.45) is 0 Å². The van der Waals surface area contributed by atoms with Crippen molar-refractivity contribution in [3.63, 3.8) is 0 Å². The van der Waals surface area contributed by atoms with Crippen LogP contribution >= 0.6 is 11.6 Å². The van der Waals surface area contributed by atoms with Crippen LogP contribution in [0, 0.1) is 11.3 Å². The molecule has 4 nitrogen and oxygen atoms in total. The predicted molar refractivity (Wildman–Crippen MR) is 59.6 cm³/mol. The lowest BCUT2D eigenvalue weighted by atomic mass is 10.3. The third-order valence-corrected chi connectivity index (χ3v) is 2.26. The van der Waals surface area contributed by atoms with E-state index in [0.29, 0.717) is 16.4 Å². The van der Waals surface area contributed by atoms with E-state index in [0.717, 1.165) is 0 Å². The number of pyridine rings is 2. The lowest BCUT2D eigenvalue weighted by Gasteiger charge is -2.04. The molecule has 2 aromatic rings. The van der Waals surface area contributed by atoms with E-state index in [1.807, 2.05) is 6.07 Å². The molecule has 0 bridgehead atoms. The summed E-state index contributed by atoms with van der Waals surface area (Å²) < 4.78 is 1.39. The molecule has 0 aromatic carbocycles. The van der Waals surface area contributed by atoms with Crippen molar-refractivity contribution in [2.45, 2.75) is 0 Å². The Morgan fingerprint density at radius 3 is 2.75 bits per heavy atom. The summed E-state index contributed by atoms with van der Waals surface area (Å²) in [4.78, 5) is 15.5. The normalized spacial score (nSPS) is 9.75. The molecule has 0 N–H and O–H groups in total. The molecule has 0 aliphatic carbocycles. The number of aromatic nitrogens is 2. The molecule has 0 amide bonds. The molecule has 16 heavy (non-hydrogen) atoms. The highest BCUT2D eigenvalue weighted by atomic mass is 35.5. The van der Waals surface area contributed by atoms with Gasteiger partial charge in [-0.25, -0.2) is 4.98 Å². The average Bonchev–Trinajstić information content (AvgIpc) is 2.30. The van der Waals surface area contributed by atoms with Gasteiger partial charge in [-0.3, -0.25) is 9.36 Å². The molecule has 0 unspecified atom stereocenters. The quantitative estimate of drug-likeness (QED) is 0.703. The fraction of sp³-hybridized carbons (Fsp3) is 0. The SMILES string of the molecule is N#Cc1ccn(-c2ccc(Cl)nc2)c(=O)c1. The molecule has 0 aliphatic rings. The maximum atomic E-state index is 11.6. The van der Waals surface area contributed by atoms with Gasteiger partial charge < -0.3 is 0 Å². The van der Waals surface area contributed by atoms with Crippen LogP contribution in [0.25, 0.3) is 5.69 Å². The third kappa shape index (κ3) is 1.95. The first-order valence-corrected chi connectivity index (χ1v) is 4.83. The second-order valence-corrected chi connectivity index (χ2v) is 3.46. The van der Waals surface area contributed by atoms with Crippen molar-refractivity contribution < 1.29 is 0 Å². The molecular formula is C11H6ClN3O. The van der Waals surface area contributed by atoms with Crippen molar-refractivity contribution in [2.75, 3.05) is 0 Å². The lowest BCUT2D eigenvalue weighted by molar-refractivity contribution is 0.975. The van der Waals surface area contributed by atoms with Crippen molar-refractivity contribution in [1.82, 2.24) is 9.55 Å². The Bertz CT molecular complexity index is 610. The summed E-state index contributed by atoms with van der Waals surface area (Å²) in [6.45, 7) is 0. The largest absolute Gasteiger partial charge is 0.283 e. The molecule has 0 atom stereocenters. The van der Waals surface area contributed by atoms with E-state index in [4.69, 9.17) is 16.9 Å². The van der Waals surface area contributed by atoms with Gasteiger partial charge in [-0.05, 0) is 18.2 Å². The molecule has 0 fully saturated rings. The summed E-state index contributed by atoms with van der Waals surface area (Å²) in [6.07, 6.45) is 3.03. The van der Waals surface area contributed by atoms with Crippen LogP contribution < -0.4 is 5.56 Å². The fourth-order valence-corrected chi connectivity index (χ4v) is 1.38. The van der Waals surface area contributed by atoms with Crippen LogP contribution in [0.2, 0.25) is 5.15 Å². The second-order valence-electron chi connectivity index (χ2n) is 3.07. The summed E-state index contributed by atoms with van der Waals surface area (Å²) >= 11 is 5.65. The average molecular weight is 232 g/mol. The Hall–Kier alpha value is -2.12. The Balaban J connectivity index is 2.54. The molecule has 2 aromatic heterocycles. The summed E-state index contributed by atoms with van der Waals surface area (Å²) in [6, 6.07) is 8.03. The van der Waals surface area contributed by atoms with Crippen LogP contribution in [0.1, 0.15) is 5.56 Å². The van der Waals surface area contributed by atoms with E-state index in [1.165, 1.54) is 23.0 Å². The van der Waals surface area contributed by atoms with E-state index in [2.05, 4.69) is 4.98 Å². The molecule has 0 saturated heterocycles. The zero-order chi connectivity index (χ0) is 11.5. The molecule has 0 saturated carbocycles. The Labute approximate surface area is 96.4 Å². The van der Waals surface area contributed by atoms with Crippen LogP contribution in [0.4, 0.5) is 0 Å². The first-order chi connectivity index (χ1) is 7.70. The molecule has 2 heterocycles. The summed E-state index contributed by atoms with van der Waals surface area (Å²) in [5, 5.41) is 9.00. The van der Waals surface area contributed by atoms with Gasteiger partial charge in [0.05, 0.1) is 23.5 Å². The smallest absolute Gasteiger partial charge is 0.256 e. The fourth-order valence-electron chi connectivity index (χ4n) is 1.27. The van der Waals surface area contributed by atoms with Crippen LogP contribution in [0.5, 0.6) is 0 Å². The second kappa shape index (κ2) is 4.17. The van der Waals surface area contributed by atoms with E-state index in [1.54, 1.807) is 18.2 Å². The van der Waals surface area contributed by atoms with E-state index in [9.17, 15) is 4.79 Å². The van der Waals surface area contributed by atoms with Gasteiger partial charge in [-0.1, -0.05) is 11.6 Å². The van der Waals surface area contributed by atoms with E-state index < -0.39 is 0 Å². The number of hydrogen-bond donors (Lipinski definition) is 0. The van der Waals surface area contributed by atoms with Crippen molar-refractivity contribution in [1.29, 1.82) is 5.26 Å². The Morgan fingerprint density at radius 2 is 2.19 bits per heavy atom. The summed E-state index contributed by atoms with van der Waals surface area (Å²) in [5.74, 6) is 0. The molecule has 0 radical (unpaired) electrons. The highest BCUT2D eigenvalue weighted by molar-refractivity contribution is 6.29. The molecule has 0 spiro atoms. The minimum absolute atomic E-state index is 0.275. The summed E-state index contributed by atoms with van der Waals surface area (Å²) in [7, 11) is 0. The van der Waals surface area contributed by atoms with Gasteiger partial charge in [0.2, 0.25) is 0 Å². The zero-order valence-corrected chi connectivity index (χ0v) is 8.85. The number of halogens is 1. The predicted octanol–water partition coefficient (Wildman–Crippen LogP) is 1.76. The van der Waals surface area contributed by atoms with Gasteiger partial charge in [0.15, 0.2) is 0 Å². The Morgan fingerprint density at radius 1 is 1.38 bits per heavy atom. The summed E-state index contributed by atoms with van der Waals surface area (Å²) in [5.41, 5.74) is 0.672. The van der Waals surface area contributed by atoms with Crippen molar-refractivity contribution >= 4 is 11.6 Å². The van der Waals surface area contributed by atoms with Crippen LogP contribution in [-0.2, 0) is 0 Å². The number of hydrogen-bond acceptors (Lipinski definition) is 3. The molecular weight excluding hydrogens is 226 g/mol. The zero-order valence-electron chi connectivity index (χ0n) is 8.09. The topological polar surface area (TPSA) is 58.7 Å². The van der Waals surface area contributed by atoms with Crippen LogP contribution in [-0.4, -0.2) is 9.55 Å². The van der Waals surface area contributed by atoms with Gasteiger partial charge in [0.25, 0.3) is 5.56 Å². The highest BCUT2D eigenvalue weighted by Crippen LogP contribution is 2.08. The van der Waals surface area contributed by atoms with Gasteiger partial charge in [-0.15, -0.1) is 0 Å². The van der Waals surface area contributed by atoms with Crippen LogP contribution in [0.3, 0.4) is 0 Å².